The van der Waals surface area contributed by atoms with E-state index in [-0.39, 0.29) is 0 Å². The summed E-state index contributed by atoms with van der Waals surface area (Å²) in [4.78, 5) is 10.1. The van der Waals surface area contributed by atoms with Crippen LogP contribution in [0.5, 0.6) is 0 Å². The Morgan fingerprint density at radius 3 is 2.25 bits per heavy atom. The maximum atomic E-state index is 10.1. The van der Waals surface area contributed by atoms with Gasteiger partial charge in [-0.05, 0) is 18.0 Å². The molecule has 0 atom stereocenters. The molecule has 3 heteroatoms. The highest BCUT2D eigenvalue weighted by molar-refractivity contribution is 6.67. The average molecular weight is 153 g/mol. The third kappa shape index (κ3) is 3.05. The maximum absolute atomic E-state index is 10.1. The molecule has 0 saturated heterocycles. The van der Waals surface area contributed by atoms with Crippen molar-refractivity contribution in [1.29, 1.82) is 0 Å². The second-order valence-electron chi connectivity index (χ2n) is 1.32. The highest BCUT2D eigenvalue weighted by Gasteiger charge is 1.99. The molecule has 0 rings (SSSR count). The van der Waals surface area contributed by atoms with Crippen molar-refractivity contribution in [2.24, 2.45) is 0 Å². The molecule has 0 aromatic heterocycles. The molecule has 1 nitrogen and oxygen atoms in total. The quantitative estimate of drug-likeness (QED) is 0.344. The van der Waals surface area contributed by atoms with Crippen LogP contribution in [0.15, 0.2) is 12.2 Å². The van der Waals surface area contributed by atoms with Gasteiger partial charge >= 0.3 is 0 Å². The first-order valence-electron chi connectivity index (χ1n) is 2.12. The van der Waals surface area contributed by atoms with Crippen LogP contribution >= 0.6 is 23.2 Å². The third-order valence-corrected chi connectivity index (χ3v) is 1.13. The van der Waals surface area contributed by atoms with E-state index in [0.717, 1.165) is 0 Å². The lowest BCUT2D eigenvalue weighted by Crippen LogP contribution is -1.91. The summed E-state index contributed by atoms with van der Waals surface area (Å²) in [7, 11) is 0. The largest absolute Gasteiger partial charge is 0.276 e. The molecule has 0 radical (unpaired) electrons. The van der Waals surface area contributed by atoms with Crippen molar-refractivity contribution < 1.29 is 4.79 Å². The van der Waals surface area contributed by atoms with E-state index in [1.807, 2.05) is 0 Å². The van der Waals surface area contributed by atoms with Crippen LogP contribution in [0.3, 0.4) is 0 Å². The Hall–Kier alpha value is -0.0100. The standard InChI is InChI=1S/C5H6Cl2O/c1-4(2-3-6)5(7)8/h1-3H2. The minimum absolute atomic E-state index is 0.377. The predicted molar refractivity (Wildman–Crippen MR) is 35.3 cm³/mol. The molecule has 46 valence electrons. The van der Waals surface area contributed by atoms with E-state index < -0.39 is 5.24 Å². The second-order valence-corrected chi connectivity index (χ2v) is 2.04. The van der Waals surface area contributed by atoms with Gasteiger partial charge in [-0.1, -0.05) is 6.58 Å². The van der Waals surface area contributed by atoms with Crippen LogP contribution < -0.4 is 0 Å². The number of carbonyl (C=O) groups excluding carboxylic acids is 1. The summed E-state index contributed by atoms with van der Waals surface area (Å²) in [6.07, 6.45) is 0.476. The Morgan fingerprint density at radius 2 is 2.12 bits per heavy atom. The van der Waals surface area contributed by atoms with Crippen molar-refractivity contribution in [3.8, 4) is 0 Å². The highest BCUT2D eigenvalue weighted by atomic mass is 35.5. The van der Waals surface area contributed by atoms with Gasteiger partial charge in [0.1, 0.15) is 0 Å². The number of rotatable bonds is 3. The Balaban J connectivity index is 3.49. The topological polar surface area (TPSA) is 17.1 Å². The average Bonchev–Trinajstić information content (AvgIpc) is 1.67. The molecule has 0 aliphatic carbocycles. The van der Waals surface area contributed by atoms with E-state index in [0.29, 0.717) is 17.9 Å². The van der Waals surface area contributed by atoms with Gasteiger partial charge in [-0.3, -0.25) is 4.79 Å². The monoisotopic (exact) mass is 152 g/mol. The maximum Gasteiger partial charge on any atom is 0.247 e. The van der Waals surface area contributed by atoms with E-state index in [9.17, 15) is 4.79 Å². The van der Waals surface area contributed by atoms with Crippen LogP contribution in [-0.4, -0.2) is 11.1 Å². The second kappa shape index (κ2) is 3.93. The van der Waals surface area contributed by atoms with Crippen molar-refractivity contribution in [2.45, 2.75) is 6.42 Å². The minimum Gasteiger partial charge on any atom is -0.276 e. The molecule has 0 fully saturated rings. The molecule has 0 heterocycles. The fraction of sp³-hybridized carbons (Fsp3) is 0.400. The van der Waals surface area contributed by atoms with Crippen LogP contribution in [0.4, 0.5) is 0 Å². The summed E-state index contributed by atoms with van der Waals surface area (Å²) in [5.74, 6) is 0.400. The molecular weight excluding hydrogens is 147 g/mol. The van der Waals surface area contributed by atoms with Crippen molar-refractivity contribution in [1.82, 2.24) is 0 Å². The molecule has 0 amide bonds. The molecule has 0 aliphatic heterocycles. The van der Waals surface area contributed by atoms with Crippen LogP contribution in [-0.2, 0) is 4.79 Å². The lowest BCUT2D eigenvalue weighted by molar-refractivity contribution is -0.108. The fourth-order valence-corrected chi connectivity index (χ4v) is 0.535. The summed E-state index contributed by atoms with van der Waals surface area (Å²) in [6, 6.07) is 0. The zero-order valence-corrected chi connectivity index (χ0v) is 5.80. The van der Waals surface area contributed by atoms with E-state index in [2.05, 4.69) is 6.58 Å². The van der Waals surface area contributed by atoms with Crippen molar-refractivity contribution in [3.05, 3.63) is 12.2 Å². The van der Waals surface area contributed by atoms with Gasteiger partial charge in [0, 0.05) is 11.5 Å². The summed E-state index contributed by atoms with van der Waals surface area (Å²) in [5, 5.41) is -0.495. The first-order chi connectivity index (χ1) is 3.68. The molecule has 0 spiro atoms. The molecule has 0 aliphatic rings. The molecular formula is C5H6Cl2O. The van der Waals surface area contributed by atoms with Gasteiger partial charge in [-0.2, -0.15) is 0 Å². The van der Waals surface area contributed by atoms with Crippen molar-refractivity contribution in [3.63, 3.8) is 0 Å². The number of halogens is 2. The third-order valence-electron chi connectivity index (χ3n) is 0.674. The minimum atomic E-state index is -0.495. The number of hydrogen-bond acceptors (Lipinski definition) is 1. The summed E-state index contributed by atoms with van der Waals surface area (Å²) < 4.78 is 0. The van der Waals surface area contributed by atoms with Gasteiger partial charge in [0.05, 0.1) is 0 Å². The summed E-state index contributed by atoms with van der Waals surface area (Å²) >= 11 is 10.3. The smallest absolute Gasteiger partial charge is 0.247 e. The van der Waals surface area contributed by atoms with E-state index in [4.69, 9.17) is 23.2 Å². The molecule has 0 unspecified atom stereocenters. The van der Waals surface area contributed by atoms with Gasteiger partial charge in [0.15, 0.2) is 0 Å². The molecule has 0 N–H and O–H groups in total. The first kappa shape index (κ1) is 7.99. The van der Waals surface area contributed by atoms with Gasteiger partial charge in [0.25, 0.3) is 0 Å². The Bertz CT molecular complexity index is 109. The number of alkyl halides is 1. The van der Waals surface area contributed by atoms with E-state index in [1.165, 1.54) is 0 Å². The highest BCUT2D eigenvalue weighted by Crippen LogP contribution is 2.02. The van der Waals surface area contributed by atoms with Gasteiger partial charge < -0.3 is 0 Å². The van der Waals surface area contributed by atoms with Gasteiger partial charge in [-0.15, -0.1) is 11.6 Å². The lowest BCUT2D eigenvalue weighted by atomic mass is 10.3. The molecule has 0 aromatic rings. The normalized spacial score (nSPS) is 8.75. The van der Waals surface area contributed by atoms with Crippen molar-refractivity contribution >= 4 is 28.4 Å². The van der Waals surface area contributed by atoms with E-state index in [1.54, 1.807) is 0 Å². The van der Waals surface area contributed by atoms with E-state index >= 15 is 0 Å². The Kier molecular flexibility index (Phi) is 3.92. The van der Waals surface area contributed by atoms with Crippen molar-refractivity contribution in [2.75, 3.05) is 5.88 Å². The predicted octanol–water partition coefficient (Wildman–Crippen LogP) is 1.94. The summed E-state index contributed by atoms with van der Waals surface area (Å²) in [5.41, 5.74) is 0.377. The SMILES string of the molecule is C=C(CCCl)C(=O)Cl. The molecule has 0 aromatic carbocycles. The van der Waals surface area contributed by atoms with Crippen LogP contribution in [0.1, 0.15) is 6.42 Å². The molecule has 0 saturated carbocycles. The first-order valence-corrected chi connectivity index (χ1v) is 3.03. The summed E-state index contributed by atoms with van der Waals surface area (Å²) in [6.45, 7) is 3.38. The Labute approximate surface area is 58.3 Å². The zero-order valence-electron chi connectivity index (χ0n) is 4.29. The van der Waals surface area contributed by atoms with Crippen LogP contribution in [0, 0.1) is 0 Å². The van der Waals surface area contributed by atoms with Crippen LogP contribution in [0.2, 0.25) is 0 Å². The van der Waals surface area contributed by atoms with Gasteiger partial charge in [0.2, 0.25) is 5.24 Å². The number of allylic oxidation sites excluding steroid dienone is 1. The Morgan fingerprint density at radius 1 is 1.62 bits per heavy atom. The van der Waals surface area contributed by atoms with Gasteiger partial charge in [-0.25, -0.2) is 0 Å². The number of carbonyl (C=O) groups is 1. The number of hydrogen-bond donors (Lipinski definition) is 0. The molecule has 0 bridgehead atoms. The lowest BCUT2D eigenvalue weighted by Gasteiger charge is -1.90. The van der Waals surface area contributed by atoms with Crippen LogP contribution in [0.25, 0.3) is 0 Å². The zero-order chi connectivity index (χ0) is 6.57. The molecule has 8 heavy (non-hydrogen) atoms. The fourth-order valence-electron chi connectivity index (χ4n) is 0.212.